The molecule has 1 aliphatic rings. The Morgan fingerprint density at radius 2 is 2.32 bits per heavy atom. The van der Waals surface area contributed by atoms with Crippen molar-refractivity contribution in [3.63, 3.8) is 0 Å². The lowest BCUT2D eigenvalue weighted by atomic mass is 10.2. The van der Waals surface area contributed by atoms with Crippen LogP contribution in [0.4, 0.5) is 0 Å². The van der Waals surface area contributed by atoms with Gasteiger partial charge in [0.05, 0.1) is 12.2 Å². The maximum Gasteiger partial charge on any atom is 0.323 e. The largest absolute Gasteiger partial charge is 0.480 e. The zero-order valence-corrected chi connectivity index (χ0v) is 10.7. The van der Waals surface area contributed by atoms with Crippen LogP contribution in [0.1, 0.15) is 29.9 Å². The first-order chi connectivity index (χ1) is 9.11. The molecule has 19 heavy (non-hydrogen) atoms. The van der Waals surface area contributed by atoms with Crippen LogP contribution in [-0.4, -0.2) is 63.1 Å². The summed E-state index contributed by atoms with van der Waals surface area (Å²) in [7, 11) is 0. The topological polar surface area (TPSA) is 100 Å². The molecule has 0 unspecified atom stereocenters. The maximum absolute atomic E-state index is 12.1. The van der Waals surface area contributed by atoms with Crippen LogP contribution in [0.25, 0.3) is 0 Å². The molecule has 2 N–H and O–H groups in total. The van der Waals surface area contributed by atoms with Crippen molar-refractivity contribution in [3.05, 3.63) is 11.9 Å². The van der Waals surface area contributed by atoms with Crippen molar-refractivity contribution in [2.45, 2.75) is 19.4 Å². The predicted molar refractivity (Wildman–Crippen MR) is 65.8 cm³/mol. The molecule has 104 valence electrons. The molecule has 0 radical (unpaired) electrons. The number of carboxylic acid groups (broad SMARTS) is 1. The molecule has 0 aromatic carbocycles. The first kappa shape index (κ1) is 13.5. The molecule has 0 atom stereocenters. The molecule has 1 fully saturated rings. The predicted octanol–water partition coefficient (Wildman–Crippen LogP) is -0.641. The van der Waals surface area contributed by atoms with Gasteiger partial charge in [0.1, 0.15) is 6.54 Å². The van der Waals surface area contributed by atoms with Crippen LogP contribution in [0.2, 0.25) is 0 Å². The second kappa shape index (κ2) is 5.79. The van der Waals surface area contributed by atoms with Crippen molar-refractivity contribution in [1.29, 1.82) is 0 Å². The van der Waals surface area contributed by atoms with Crippen molar-refractivity contribution in [2.75, 3.05) is 26.2 Å². The standard InChI is InChI=1S/C11H17N5O3/c1-2-3-15(7-10(17)18)11(19)9-6-16(14-13-9)8-4-12-5-8/h6,8,12H,2-5,7H2,1H3,(H,17,18). The number of carbonyl (C=O) groups is 2. The number of hydrogen-bond acceptors (Lipinski definition) is 5. The monoisotopic (exact) mass is 267 g/mol. The summed E-state index contributed by atoms with van der Waals surface area (Å²) in [5, 5.41) is 19.7. The first-order valence-electron chi connectivity index (χ1n) is 6.25. The van der Waals surface area contributed by atoms with Crippen molar-refractivity contribution in [2.24, 2.45) is 0 Å². The molecule has 1 aliphatic heterocycles. The summed E-state index contributed by atoms with van der Waals surface area (Å²) in [6, 6.07) is 0.230. The van der Waals surface area contributed by atoms with Crippen LogP contribution >= 0.6 is 0 Å². The van der Waals surface area contributed by atoms with Crippen LogP contribution in [0.15, 0.2) is 6.20 Å². The number of aromatic nitrogens is 3. The number of aliphatic carboxylic acids is 1. The lowest BCUT2D eigenvalue weighted by molar-refractivity contribution is -0.137. The molecule has 0 bridgehead atoms. The van der Waals surface area contributed by atoms with E-state index in [2.05, 4.69) is 15.6 Å². The van der Waals surface area contributed by atoms with Gasteiger partial charge >= 0.3 is 5.97 Å². The fraction of sp³-hybridized carbons (Fsp3) is 0.636. The Labute approximate surface area is 110 Å². The lowest BCUT2D eigenvalue weighted by Crippen LogP contribution is -2.43. The second-order valence-electron chi connectivity index (χ2n) is 4.52. The molecule has 2 rings (SSSR count). The molecule has 0 aliphatic carbocycles. The van der Waals surface area contributed by atoms with E-state index in [0.717, 1.165) is 13.1 Å². The van der Waals surface area contributed by atoms with Gasteiger partial charge in [0, 0.05) is 19.6 Å². The molecule has 2 heterocycles. The first-order valence-corrected chi connectivity index (χ1v) is 6.25. The third-order valence-electron chi connectivity index (χ3n) is 2.97. The smallest absolute Gasteiger partial charge is 0.323 e. The average Bonchev–Trinajstić information content (AvgIpc) is 2.74. The lowest BCUT2D eigenvalue weighted by Gasteiger charge is -2.26. The van der Waals surface area contributed by atoms with E-state index in [1.165, 1.54) is 4.90 Å². The van der Waals surface area contributed by atoms with Gasteiger partial charge in [0.25, 0.3) is 5.91 Å². The van der Waals surface area contributed by atoms with Crippen molar-refractivity contribution in [1.82, 2.24) is 25.2 Å². The Kier molecular flexibility index (Phi) is 4.10. The Morgan fingerprint density at radius 1 is 1.58 bits per heavy atom. The van der Waals surface area contributed by atoms with Crippen molar-refractivity contribution in [3.8, 4) is 0 Å². The highest BCUT2D eigenvalue weighted by Gasteiger charge is 2.24. The van der Waals surface area contributed by atoms with Gasteiger partial charge < -0.3 is 15.3 Å². The van der Waals surface area contributed by atoms with E-state index >= 15 is 0 Å². The molecule has 1 aromatic rings. The Hall–Kier alpha value is -1.96. The van der Waals surface area contributed by atoms with E-state index in [1.807, 2.05) is 6.92 Å². The summed E-state index contributed by atoms with van der Waals surface area (Å²) in [4.78, 5) is 24.2. The Balaban J connectivity index is 2.06. The molecule has 8 nitrogen and oxygen atoms in total. The van der Waals surface area contributed by atoms with E-state index in [1.54, 1.807) is 10.9 Å². The summed E-state index contributed by atoms with van der Waals surface area (Å²) in [5.41, 5.74) is 0.196. The van der Waals surface area contributed by atoms with E-state index in [-0.39, 0.29) is 24.2 Å². The number of nitrogens with one attached hydrogen (secondary N) is 1. The summed E-state index contributed by atoms with van der Waals surface area (Å²) < 4.78 is 1.65. The number of hydrogen-bond donors (Lipinski definition) is 2. The molecule has 1 saturated heterocycles. The van der Waals surface area contributed by atoms with Gasteiger partial charge in [0.2, 0.25) is 0 Å². The van der Waals surface area contributed by atoms with Crippen molar-refractivity contribution >= 4 is 11.9 Å². The molecule has 1 amide bonds. The van der Waals surface area contributed by atoms with Gasteiger partial charge in [0.15, 0.2) is 5.69 Å². The van der Waals surface area contributed by atoms with Gasteiger partial charge in [-0.15, -0.1) is 5.10 Å². The number of amides is 1. The third-order valence-corrected chi connectivity index (χ3v) is 2.97. The van der Waals surface area contributed by atoms with E-state index in [4.69, 9.17) is 5.11 Å². The average molecular weight is 267 g/mol. The van der Waals surface area contributed by atoms with E-state index in [0.29, 0.717) is 13.0 Å². The molecule has 0 saturated carbocycles. The zero-order valence-electron chi connectivity index (χ0n) is 10.7. The maximum atomic E-state index is 12.1. The number of nitrogens with zero attached hydrogens (tertiary/aromatic N) is 4. The summed E-state index contributed by atoms with van der Waals surface area (Å²) in [6.45, 7) is 3.59. The minimum atomic E-state index is -1.03. The number of carbonyl (C=O) groups excluding carboxylic acids is 1. The highest BCUT2D eigenvalue weighted by molar-refractivity contribution is 5.93. The van der Waals surface area contributed by atoms with Crippen LogP contribution in [0.3, 0.4) is 0 Å². The van der Waals surface area contributed by atoms with Crippen molar-refractivity contribution < 1.29 is 14.7 Å². The number of carboxylic acids is 1. The highest BCUT2D eigenvalue weighted by atomic mass is 16.4. The SMILES string of the molecule is CCCN(CC(=O)O)C(=O)c1cn(C2CNC2)nn1. The molecular weight excluding hydrogens is 250 g/mol. The Morgan fingerprint density at radius 3 is 2.84 bits per heavy atom. The highest BCUT2D eigenvalue weighted by Crippen LogP contribution is 2.11. The van der Waals surface area contributed by atoms with Gasteiger partial charge in [-0.3, -0.25) is 9.59 Å². The molecule has 0 spiro atoms. The van der Waals surface area contributed by atoms with Gasteiger partial charge in [-0.2, -0.15) is 0 Å². The van der Waals surface area contributed by atoms with Gasteiger partial charge in [-0.05, 0) is 6.42 Å². The minimum Gasteiger partial charge on any atom is -0.480 e. The van der Waals surface area contributed by atoms with Gasteiger partial charge in [-0.25, -0.2) is 4.68 Å². The fourth-order valence-electron chi connectivity index (χ4n) is 1.86. The van der Waals surface area contributed by atoms with Gasteiger partial charge in [-0.1, -0.05) is 12.1 Å². The second-order valence-corrected chi connectivity index (χ2v) is 4.52. The summed E-state index contributed by atoms with van der Waals surface area (Å²) in [5.74, 6) is -1.42. The van der Waals surface area contributed by atoms with Crippen LogP contribution in [-0.2, 0) is 4.79 Å². The Bertz CT molecular complexity index is 469. The third kappa shape index (κ3) is 3.08. The van der Waals surface area contributed by atoms with E-state index < -0.39 is 5.97 Å². The molecular formula is C11H17N5O3. The fourth-order valence-corrected chi connectivity index (χ4v) is 1.86. The summed E-state index contributed by atoms with van der Waals surface area (Å²) >= 11 is 0. The summed E-state index contributed by atoms with van der Waals surface area (Å²) in [6.07, 6.45) is 2.28. The van der Waals surface area contributed by atoms with Crippen LogP contribution < -0.4 is 5.32 Å². The van der Waals surface area contributed by atoms with Crippen LogP contribution in [0, 0.1) is 0 Å². The quantitative estimate of drug-likeness (QED) is 0.711. The minimum absolute atomic E-state index is 0.196. The zero-order chi connectivity index (χ0) is 13.8. The molecule has 8 heteroatoms. The number of rotatable bonds is 6. The van der Waals surface area contributed by atoms with Crippen LogP contribution in [0.5, 0.6) is 0 Å². The van der Waals surface area contributed by atoms with E-state index in [9.17, 15) is 9.59 Å². The molecule has 1 aromatic heterocycles. The normalized spacial score (nSPS) is 15.0.